The van der Waals surface area contributed by atoms with E-state index < -0.39 is 5.97 Å². The molecule has 0 aromatic rings. The number of piperidine rings is 1. The van der Waals surface area contributed by atoms with Crippen LogP contribution in [0.4, 0.5) is 0 Å². The molecule has 16 heavy (non-hydrogen) atoms. The van der Waals surface area contributed by atoms with Crippen molar-refractivity contribution in [3.8, 4) is 0 Å². The van der Waals surface area contributed by atoms with Gasteiger partial charge in [-0.1, -0.05) is 33.6 Å². The molecule has 94 valence electrons. The van der Waals surface area contributed by atoms with Crippen molar-refractivity contribution in [2.75, 3.05) is 13.1 Å². The molecule has 1 N–H and O–H groups in total. The second-order valence-corrected chi connectivity index (χ2v) is 5.73. The summed E-state index contributed by atoms with van der Waals surface area (Å²) in [4.78, 5) is 13.3. The predicted molar refractivity (Wildman–Crippen MR) is 65.5 cm³/mol. The van der Waals surface area contributed by atoms with Gasteiger partial charge >= 0.3 is 5.97 Å². The summed E-state index contributed by atoms with van der Waals surface area (Å²) in [6.07, 6.45) is 5.35. The maximum Gasteiger partial charge on any atom is 0.320 e. The van der Waals surface area contributed by atoms with E-state index in [0.29, 0.717) is 0 Å². The summed E-state index contributed by atoms with van der Waals surface area (Å²) < 4.78 is 0. The molecule has 0 unspecified atom stereocenters. The van der Waals surface area contributed by atoms with Crippen LogP contribution in [0.25, 0.3) is 0 Å². The molecular weight excluding hydrogens is 202 g/mol. The first-order chi connectivity index (χ1) is 7.46. The molecular formula is C13H25NO2. The summed E-state index contributed by atoms with van der Waals surface area (Å²) in [6.45, 7) is 8.53. The Labute approximate surface area is 98.8 Å². The van der Waals surface area contributed by atoms with Crippen LogP contribution in [-0.2, 0) is 4.79 Å². The van der Waals surface area contributed by atoms with Gasteiger partial charge in [0.25, 0.3) is 0 Å². The van der Waals surface area contributed by atoms with Crippen LogP contribution in [0.15, 0.2) is 0 Å². The number of aliphatic carboxylic acids is 1. The van der Waals surface area contributed by atoms with Crippen LogP contribution in [0.5, 0.6) is 0 Å². The minimum Gasteiger partial charge on any atom is -0.480 e. The summed E-state index contributed by atoms with van der Waals surface area (Å²) >= 11 is 0. The van der Waals surface area contributed by atoms with Crippen molar-refractivity contribution in [2.24, 2.45) is 5.41 Å². The van der Waals surface area contributed by atoms with E-state index in [2.05, 4.69) is 25.7 Å². The van der Waals surface area contributed by atoms with Gasteiger partial charge in [-0.3, -0.25) is 9.69 Å². The number of rotatable bonds is 5. The third-order valence-corrected chi connectivity index (χ3v) is 3.46. The first-order valence-electron chi connectivity index (χ1n) is 6.43. The average molecular weight is 227 g/mol. The average Bonchev–Trinajstić information content (AvgIpc) is 2.17. The Kier molecular flexibility index (Phi) is 4.78. The highest BCUT2D eigenvalue weighted by molar-refractivity contribution is 5.73. The first-order valence-corrected chi connectivity index (χ1v) is 6.43. The van der Waals surface area contributed by atoms with Gasteiger partial charge in [0.05, 0.1) is 0 Å². The Morgan fingerprint density at radius 2 is 2.12 bits per heavy atom. The van der Waals surface area contributed by atoms with E-state index in [1.807, 2.05) is 0 Å². The van der Waals surface area contributed by atoms with E-state index in [9.17, 15) is 9.90 Å². The van der Waals surface area contributed by atoms with Gasteiger partial charge in [-0.15, -0.1) is 0 Å². The molecule has 0 bridgehead atoms. The van der Waals surface area contributed by atoms with Crippen molar-refractivity contribution >= 4 is 5.97 Å². The molecule has 1 heterocycles. The molecule has 1 rings (SSSR count). The van der Waals surface area contributed by atoms with Crippen LogP contribution in [-0.4, -0.2) is 35.1 Å². The van der Waals surface area contributed by atoms with Gasteiger partial charge in [0, 0.05) is 6.54 Å². The summed E-state index contributed by atoms with van der Waals surface area (Å²) in [5.41, 5.74) is 0.236. The van der Waals surface area contributed by atoms with E-state index >= 15 is 0 Å². The smallest absolute Gasteiger partial charge is 0.320 e. The van der Waals surface area contributed by atoms with Crippen LogP contribution >= 0.6 is 0 Å². The van der Waals surface area contributed by atoms with Gasteiger partial charge in [0.1, 0.15) is 6.04 Å². The molecule has 1 saturated heterocycles. The summed E-state index contributed by atoms with van der Waals surface area (Å²) in [5.74, 6) is -0.646. The van der Waals surface area contributed by atoms with Crippen LogP contribution in [0.1, 0.15) is 52.9 Å². The molecule has 3 nitrogen and oxygen atoms in total. The van der Waals surface area contributed by atoms with Crippen molar-refractivity contribution in [1.29, 1.82) is 0 Å². The monoisotopic (exact) mass is 227 g/mol. The lowest BCUT2D eigenvalue weighted by Crippen LogP contribution is -2.48. The lowest BCUT2D eigenvalue weighted by molar-refractivity contribution is -0.145. The third-order valence-electron chi connectivity index (χ3n) is 3.46. The van der Waals surface area contributed by atoms with Gasteiger partial charge in [-0.2, -0.15) is 0 Å². The molecule has 0 aromatic heterocycles. The number of hydrogen-bond donors (Lipinski definition) is 1. The number of carboxylic acids is 1. The third kappa shape index (κ3) is 3.78. The minimum atomic E-state index is -0.646. The molecule has 1 aliphatic heterocycles. The molecule has 0 spiro atoms. The maximum absolute atomic E-state index is 11.2. The van der Waals surface area contributed by atoms with E-state index in [4.69, 9.17) is 0 Å². The number of hydrogen-bond acceptors (Lipinski definition) is 2. The number of likely N-dealkylation sites (tertiary alicyclic amines) is 1. The van der Waals surface area contributed by atoms with Crippen molar-refractivity contribution in [1.82, 2.24) is 4.90 Å². The molecule has 1 atom stereocenters. The highest BCUT2D eigenvalue weighted by atomic mass is 16.4. The second kappa shape index (κ2) is 5.67. The number of nitrogens with zero attached hydrogens (tertiary/aromatic N) is 1. The molecule has 0 amide bonds. The highest BCUT2D eigenvalue weighted by Crippen LogP contribution is 2.27. The number of carbonyl (C=O) groups is 1. The number of carboxylic acid groups (broad SMARTS) is 1. The Bertz CT molecular complexity index is 238. The quantitative estimate of drug-likeness (QED) is 0.785. The summed E-state index contributed by atoms with van der Waals surface area (Å²) in [6, 6.07) is -0.245. The van der Waals surface area contributed by atoms with Crippen molar-refractivity contribution in [2.45, 2.75) is 58.9 Å². The zero-order valence-electron chi connectivity index (χ0n) is 10.8. The molecule has 0 saturated carbocycles. The van der Waals surface area contributed by atoms with Crippen molar-refractivity contribution in [3.63, 3.8) is 0 Å². The van der Waals surface area contributed by atoms with Crippen LogP contribution in [0.3, 0.4) is 0 Å². The highest BCUT2D eigenvalue weighted by Gasteiger charge is 2.31. The molecule has 1 aliphatic rings. The van der Waals surface area contributed by atoms with Gasteiger partial charge in [0.15, 0.2) is 0 Å². The second-order valence-electron chi connectivity index (χ2n) is 5.73. The molecule has 1 fully saturated rings. The van der Waals surface area contributed by atoms with Gasteiger partial charge in [-0.25, -0.2) is 0 Å². The van der Waals surface area contributed by atoms with Gasteiger partial charge in [0.2, 0.25) is 0 Å². The van der Waals surface area contributed by atoms with E-state index in [0.717, 1.165) is 38.8 Å². The summed E-state index contributed by atoms with van der Waals surface area (Å²) in [7, 11) is 0. The fraction of sp³-hybridized carbons (Fsp3) is 0.923. The van der Waals surface area contributed by atoms with Crippen molar-refractivity contribution in [3.05, 3.63) is 0 Å². The van der Waals surface area contributed by atoms with Crippen LogP contribution < -0.4 is 0 Å². The zero-order valence-corrected chi connectivity index (χ0v) is 10.8. The van der Waals surface area contributed by atoms with Crippen LogP contribution in [0.2, 0.25) is 0 Å². The Morgan fingerprint density at radius 3 is 2.69 bits per heavy atom. The first kappa shape index (κ1) is 13.5. The topological polar surface area (TPSA) is 40.5 Å². The summed E-state index contributed by atoms with van der Waals surface area (Å²) in [5, 5.41) is 9.19. The van der Waals surface area contributed by atoms with E-state index in [1.165, 1.54) is 6.42 Å². The van der Waals surface area contributed by atoms with Crippen LogP contribution in [0, 0.1) is 5.41 Å². The molecule has 0 radical (unpaired) electrons. The molecule has 0 aromatic carbocycles. The Hall–Kier alpha value is -0.570. The van der Waals surface area contributed by atoms with E-state index in [-0.39, 0.29) is 11.5 Å². The standard InChI is InChI=1S/C13H25NO2/c1-4-8-13(2,3)10-14-9-6-5-7-11(14)12(15)16/h11H,4-10H2,1-3H3,(H,15,16)/t11-/m0/s1. The zero-order chi connectivity index (χ0) is 12.2. The fourth-order valence-corrected chi connectivity index (χ4v) is 2.77. The SMILES string of the molecule is CCCC(C)(C)CN1CCCC[C@H]1C(=O)O. The lowest BCUT2D eigenvalue weighted by atomic mass is 9.86. The predicted octanol–water partition coefficient (Wildman–Crippen LogP) is 2.75. The fourth-order valence-electron chi connectivity index (χ4n) is 2.77. The van der Waals surface area contributed by atoms with Gasteiger partial charge < -0.3 is 5.11 Å². The minimum absolute atomic E-state index is 0.236. The lowest BCUT2D eigenvalue weighted by Gasteiger charge is -2.38. The molecule has 3 heteroatoms. The maximum atomic E-state index is 11.2. The normalized spacial score (nSPS) is 23.3. The largest absolute Gasteiger partial charge is 0.480 e. The molecule has 0 aliphatic carbocycles. The van der Waals surface area contributed by atoms with Gasteiger partial charge in [-0.05, 0) is 31.2 Å². The Balaban J connectivity index is 2.58. The Morgan fingerprint density at radius 1 is 1.44 bits per heavy atom. The van der Waals surface area contributed by atoms with Crippen molar-refractivity contribution < 1.29 is 9.90 Å². The van der Waals surface area contributed by atoms with E-state index in [1.54, 1.807) is 0 Å².